The van der Waals surface area contributed by atoms with E-state index >= 15 is 0 Å². The zero-order valence-electron chi connectivity index (χ0n) is 10.2. The van der Waals surface area contributed by atoms with Crippen molar-refractivity contribution < 1.29 is 4.52 Å². The maximum Gasteiger partial charge on any atom is 0.158 e. The van der Waals surface area contributed by atoms with Crippen LogP contribution < -0.4 is 5.73 Å². The summed E-state index contributed by atoms with van der Waals surface area (Å²) < 4.78 is 7.04. The minimum atomic E-state index is 0.391. The molecule has 0 fully saturated rings. The number of aryl methyl sites for hydroxylation is 2. The van der Waals surface area contributed by atoms with Crippen molar-refractivity contribution in [2.45, 2.75) is 39.8 Å². The van der Waals surface area contributed by atoms with Crippen molar-refractivity contribution in [3.05, 3.63) is 29.2 Å². The summed E-state index contributed by atoms with van der Waals surface area (Å²) in [5.74, 6) is 2.58. The molecule has 0 spiro atoms. The second kappa shape index (κ2) is 5.09. The summed E-state index contributed by atoms with van der Waals surface area (Å²) in [5, 5.41) is 8.27. The van der Waals surface area contributed by atoms with Gasteiger partial charge in [-0.2, -0.15) is 5.10 Å². The largest absolute Gasteiger partial charge is 0.359 e. The molecule has 92 valence electrons. The lowest BCUT2D eigenvalue weighted by molar-refractivity contribution is 0.364. The number of hydrogen-bond acceptors (Lipinski definition) is 5. The number of hydrogen-bond donors (Lipinski definition) is 1. The Morgan fingerprint density at radius 3 is 2.76 bits per heavy atom. The van der Waals surface area contributed by atoms with E-state index in [1.165, 1.54) is 0 Å². The molecule has 2 rings (SSSR count). The Hall–Kier alpha value is -1.69. The van der Waals surface area contributed by atoms with Gasteiger partial charge in [-0.25, -0.2) is 9.67 Å². The van der Waals surface area contributed by atoms with Gasteiger partial charge in [-0.15, -0.1) is 0 Å². The summed E-state index contributed by atoms with van der Waals surface area (Å²) in [7, 11) is 0. The average molecular weight is 235 g/mol. The molecule has 0 aromatic carbocycles. The molecule has 0 amide bonds. The lowest BCUT2D eigenvalue weighted by atomic mass is 10.3. The highest BCUT2D eigenvalue weighted by Crippen LogP contribution is 2.08. The summed E-state index contributed by atoms with van der Waals surface area (Å²) in [6.45, 7) is 5.05. The molecule has 0 saturated carbocycles. The van der Waals surface area contributed by atoms with Gasteiger partial charge in [0.05, 0.1) is 5.69 Å². The minimum Gasteiger partial charge on any atom is -0.359 e. The SMILES string of the molecule is CCc1nc(CC)n(Cc2cc(CN)no2)n1. The normalized spacial score (nSPS) is 11.0. The predicted molar refractivity (Wildman–Crippen MR) is 62.3 cm³/mol. The van der Waals surface area contributed by atoms with Crippen LogP contribution >= 0.6 is 0 Å². The smallest absolute Gasteiger partial charge is 0.158 e. The van der Waals surface area contributed by atoms with Gasteiger partial charge in [-0.3, -0.25) is 0 Å². The highest BCUT2D eigenvalue weighted by atomic mass is 16.5. The molecule has 2 aromatic heterocycles. The van der Waals surface area contributed by atoms with Crippen molar-refractivity contribution in [2.75, 3.05) is 0 Å². The summed E-state index contributed by atoms with van der Waals surface area (Å²) in [6, 6.07) is 1.85. The molecule has 2 N–H and O–H groups in total. The molecule has 0 aliphatic rings. The monoisotopic (exact) mass is 235 g/mol. The Labute approximate surface area is 99.8 Å². The number of rotatable bonds is 5. The highest BCUT2D eigenvalue weighted by molar-refractivity contribution is 5.06. The van der Waals surface area contributed by atoms with Gasteiger partial charge in [0.1, 0.15) is 12.4 Å². The Kier molecular flexibility index (Phi) is 3.53. The van der Waals surface area contributed by atoms with E-state index in [2.05, 4.69) is 22.2 Å². The Morgan fingerprint density at radius 2 is 2.18 bits per heavy atom. The fraction of sp³-hybridized carbons (Fsp3) is 0.545. The molecule has 0 aliphatic carbocycles. The van der Waals surface area contributed by atoms with Crippen LogP contribution in [0.5, 0.6) is 0 Å². The average Bonchev–Trinajstić information content (AvgIpc) is 2.95. The molecule has 0 unspecified atom stereocenters. The second-order valence-electron chi connectivity index (χ2n) is 3.80. The van der Waals surface area contributed by atoms with Crippen LogP contribution in [0, 0.1) is 0 Å². The topological polar surface area (TPSA) is 82.8 Å². The first kappa shape index (κ1) is 11.8. The fourth-order valence-electron chi connectivity index (χ4n) is 1.64. The molecule has 2 aromatic rings. The van der Waals surface area contributed by atoms with E-state index in [-0.39, 0.29) is 0 Å². The molecular formula is C11H17N5O. The van der Waals surface area contributed by atoms with E-state index in [1.54, 1.807) is 0 Å². The number of nitrogens with two attached hydrogens (primary N) is 1. The molecule has 0 atom stereocenters. The van der Waals surface area contributed by atoms with Gasteiger partial charge in [0, 0.05) is 25.5 Å². The molecule has 0 radical (unpaired) electrons. The molecule has 17 heavy (non-hydrogen) atoms. The second-order valence-corrected chi connectivity index (χ2v) is 3.80. The Morgan fingerprint density at radius 1 is 1.35 bits per heavy atom. The van der Waals surface area contributed by atoms with Crippen molar-refractivity contribution in [1.82, 2.24) is 19.9 Å². The van der Waals surface area contributed by atoms with E-state index in [4.69, 9.17) is 10.3 Å². The van der Waals surface area contributed by atoms with Gasteiger partial charge < -0.3 is 10.3 Å². The van der Waals surface area contributed by atoms with Crippen molar-refractivity contribution in [1.29, 1.82) is 0 Å². The van der Waals surface area contributed by atoms with Crippen molar-refractivity contribution in [2.24, 2.45) is 5.73 Å². The van der Waals surface area contributed by atoms with E-state index in [9.17, 15) is 0 Å². The summed E-state index contributed by atoms with van der Waals surface area (Å²) >= 11 is 0. The van der Waals surface area contributed by atoms with Crippen LogP contribution in [0.15, 0.2) is 10.6 Å². The summed E-state index contributed by atoms with van der Waals surface area (Å²) in [6.07, 6.45) is 1.69. The van der Waals surface area contributed by atoms with Crippen molar-refractivity contribution in [3.63, 3.8) is 0 Å². The standard InChI is InChI=1S/C11H17N5O/c1-3-10-13-11(4-2)16(14-10)7-9-5-8(6-12)15-17-9/h5H,3-4,6-7,12H2,1-2H3. The molecule has 6 nitrogen and oxygen atoms in total. The third kappa shape index (κ3) is 2.52. The quantitative estimate of drug-likeness (QED) is 0.832. The first-order chi connectivity index (χ1) is 8.26. The van der Waals surface area contributed by atoms with Gasteiger partial charge in [0.15, 0.2) is 11.6 Å². The lowest BCUT2D eigenvalue weighted by Gasteiger charge is -1.99. The van der Waals surface area contributed by atoms with E-state index in [0.29, 0.717) is 13.1 Å². The minimum absolute atomic E-state index is 0.391. The van der Waals surface area contributed by atoms with Gasteiger partial charge in [0.2, 0.25) is 0 Å². The summed E-state index contributed by atoms with van der Waals surface area (Å²) in [5.41, 5.74) is 6.24. The fourth-order valence-corrected chi connectivity index (χ4v) is 1.64. The van der Waals surface area contributed by atoms with Crippen LogP contribution in [-0.4, -0.2) is 19.9 Å². The van der Waals surface area contributed by atoms with Gasteiger partial charge in [-0.1, -0.05) is 19.0 Å². The lowest BCUT2D eigenvalue weighted by Crippen LogP contribution is -2.05. The van der Waals surface area contributed by atoms with Crippen LogP contribution in [0.2, 0.25) is 0 Å². The van der Waals surface area contributed by atoms with Crippen LogP contribution in [0.1, 0.15) is 37.0 Å². The zero-order chi connectivity index (χ0) is 12.3. The van der Waals surface area contributed by atoms with Gasteiger partial charge >= 0.3 is 0 Å². The molecule has 0 aliphatic heterocycles. The third-order valence-corrected chi connectivity index (χ3v) is 2.55. The van der Waals surface area contributed by atoms with E-state index in [0.717, 1.165) is 35.9 Å². The molecule has 0 bridgehead atoms. The Balaban J connectivity index is 2.19. The van der Waals surface area contributed by atoms with Crippen LogP contribution in [0.4, 0.5) is 0 Å². The summed E-state index contributed by atoms with van der Waals surface area (Å²) in [4.78, 5) is 4.44. The van der Waals surface area contributed by atoms with E-state index < -0.39 is 0 Å². The van der Waals surface area contributed by atoms with Crippen LogP contribution in [0.25, 0.3) is 0 Å². The molecule has 6 heteroatoms. The van der Waals surface area contributed by atoms with Crippen LogP contribution in [-0.2, 0) is 25.9 Å². The number of aromatic nitrogens is 4. The maximum absolute atomic E-state index is 5.48. The number of nitrogens with zero attached hydrogens (tertiary/aromatic N) is 4. The predicted octanol–water partition coefficient (Wildman–Crippen LogP) is 0.898. The van der Waals surface area contributed by atoms with Crippen molar-refractivity contribution >= 4 is 0 Å². The third-order valence-electron chi connectivity index (χ3n) is 2.55. The highest BCUT2D eigenvalue weighted by Gasteiger charge is 2.10. The van der Waals surface area contributed by atoms with Crippen LogP contribution in [0.3, 0.4) is 0 Å². The maximum atomic E-state index is 5.48. The Bertz CT molecular complexity index is 488. The first-order valence-corrected chi connectivity index (χ1v) is 5.83. The van der Waals surface area contributed by atoms with Crippen molar-refractivity contribution in [3.8, 4) is 0 Å². The molecule has 2 heterocycles. The zero-order valence-corrected chi connectivity index (χ0v) is 10.2. The molecule has 0 saturated heterocycles. The van der Waals surface area contributed by atoms with Gasteiger partial charge in [0.25, 0.3) is 0 Å². The first-order valence-electron chi connectivity index (χ1n) is 5.83. The molecular weight excluding hydrogens is 218 g/mol. The van der Waals surface area contributed by atoms with E-state index in [1.807, 2.05) is 17.7 Å². The van der Waals surface area contributed by atoms with Gasteiger partial charge in [-0.05, 0) is 0 Å².